The molecule has 0 bridgehead atoms. The highest BCUT2D eigenvalue weighted by Gasteiger charge is 2.29. The number of likely N-dealkylation sites (N-methyl/N-ethyl adjacent to an activating group) is 1. The van der Waals surface area contributed by atoms with Gasteiger partial charge in [-0.2, -0.15) is 0 Å². The predicted octanol–water partition coefficient (Wildman–Crippen LogP) is 3.83. The number of anilines is 1. The molecular formula is C28H38N4O4. The number of nitrogens with zero attached hydrogens (tertiary/aromatic N) is 3. The highest BCUT2D eigenvalue weighted by molar-refractivity contribution is 6.00. The van der Waals surface area contributed by atoms with Gasteiger partial charge >= 0.3 is 0 Å². The molecule has 194 valence electrons. The van der Waals surface area contributed by atoms with Crippen LogP contribution in [0.3, 0.4) is 0 Å². The van der Waals surface area contributed by atoms with E-state index in [1.54, 1.807) is 37.4 Å². The monoisotopic (exact) mass is 494 g/mol. The molecule has 0 radical (unpaired) electrons. The molecule has 1 aromatic carbocycles. The van der Waals surface area contributed by atoms with E-state index in [2.05, 4.69) is 35.1 Å². The molecule has 0 saturated heterocycles. The number of hydrogen-bond donors (Lipinski definition) is 1. The fourth-order valence-corrected chi connectivity index (χ4v) is 4.79. The average Bonchev–Trinajstić information content (AvgIpc) is 2.84. The van der Waals surface area contributed by atoms with Gasteiger partial charge in [0.2, 0.25) is 5.91 Å². The quantitative estimate of drug-likeness (QED) is 0.680. The van der Waals surface area contributed by atoms with Gasteiger partial charge in [0.25, 0.3) is 5.91 Å². The summed E-state index contributed by atoms with van der Waals surface area (Å²) in [6, 6.07) is 9.45. The van der Waals surface area contributed by atoms with Crippen molar-refractivity contribution in [1.82, 2.24) is 14.8 Å². The number of nitrogens with one attached hydrogen (secondary N) is 1. The molecule has 1 saturated carbocycles. The van der Waals surface area contributed by atoms with E-state index in [0.29, 0.717) is 30.2 Å². The first-order chi connectivity index (χ1) is 17.4. The smallest absolute Gasteiger partial charge is 0.257 e. The second-order valence-electron chi connectivity index (χ2n) is 10.2. The lowest BCUT2D eigenvalue weighted by Crippen LogP contribution is -2.46. The van der Waals surface area contributed by atoms with E-state index in [9.17, 15) is 9.59 Å². The summed E-state index contributed by atoms with van der Waals surface area (Å²) in [5, 5.41) is 2.98. The molecule has 1 aliphatic heterocycles. The Morgan fingerprint density at radius 2 is 2.03 bits per heavy atom. The van der Waals surface area contributed by atoms with E-state index < -0.39 is 0 Å². The molecule has 0 spiro atoms. The van der Waals surface area contributed by atoms with Crippen LogP contribution in [0.15, 0.2) is 42.7 Å². The third kappa shape index (κ3) is 6.23. The first-order valence-electron chi connectivity index (χ1n) is 12.8. The molecule has 1 fully saturated rings. The minimum atomic E-state index is -0.153. The summed E-state index contributed by atoms with van der Waals surface area (Å²) in [6.07, 6.45) is 6.48. The Kier molecular flexibility index (Phi) is 8.59. The number of hydrogen-bond acceptors (Lipinski definition) is 6. The lowest BCUT2D eigenvalue weighted by atomic mass is 9.85. The van der Waals surface area contributed by atoms with Crippen LogP contribution in [0.25, 0.3) is 0 Å². The fourth-order valence-electron chi connectivity index (χ4n) is 4.79. The number of methoxy groups -OCH3 is 1. The number of benzene rings is 1. The molecule has 4 rings (SSSR count). The van der Waals surface area contributed by atoms with Gasteiger partial charge in [0.15, 0.2) is 0 Å². The van der Waals surface area contributed by atoms with Crippen LogP contribution < -0.4 is 10.1 Å². The van der Waals surface area contributed by atoms with Crippen molar-refractivity contribution in [3.05, 3.63) is 53.9 Å². The van der Waals surface area contributed by atoms with Crippen molar-refractivity contribution >= 4 is 17.5 Å². The van der Waals surface area contributed by atoms with Crippen molar-refractivity contribution in [2.24, 2.45) is 11.8 Å². The molecule has 3 atom stereocenters. The Hall–Kier alpha value is -2.97. The molecule has 36 heavy (non-hydrogen) atoms. The Labute approximate surface area is 214 Å². The summed E-state index contributed by atoms with van der Waals surface area (Å²) in [6.45, 7) is 6.69. The number of rotatable bonds is 5. The molecule has 1 aliphatic carbocycles. The highest BCUT2D eigenvalue weighted by atomic mass is 16.5. The summed E-state index contributed by atoms with van der Waals surface area (Å²) in [4.78, 5) is 34.3. The van der Waals surface area contributed by atoms with Gasteiger partial charge in [-0.15, -0.1) is 0 Å². The van der Waals surface area contributed by atoms with Gasteiger partial charge < -0.3 is 19.7 Å². The Morgan fingerprint density at radius 3 is 2.69 bits per heavy atom. The lowest BCUT2D eigenvalue weighted by Gasteiger charge is -2.36. The Bertz CT molecular complexity index is 1040. The molecule has 8 nitrogen and oxygen atoms in total. The fraction of sp³-hybridized carbons (Fsp3) is 0.536. The number of pyridine rings is 1. The predicted molar refractivity (Wildman–Crippen MR) is 139 cm³/mol. The first kappa shape index (κ1) is 26.1. The molecule has 0 unspecified atom stereocenters. The van der Waals surface area contributed by atoms with Crippen LogP contribution in [-0.2, 0) is 16.1 Å². The summed E-state index contributed by atoms with van der Waals surface area (Å²) in [7, 11) is 3.48. The largest absolute Gasteiger partial charge is 0.491 e. The van der Waals surface area contributed by atoms with E-state index >= 15 is 0 Å². The zero-order valence-electron chi connectivity index (χ0n) is 21.8. The third-order valence-electron chi connectivity index (χ3n) is 7.43. The number of fused-ring (bicyclic) bond motifs is 1. The Balaban J connectivity index is 1.60. The standard InChI is InChI=1S/C28H38N4O4/c1-19-15-32(16-21-7-6-12-29-14-21)20(2)18-36-25-11-10-23(30-27(33)22-8-5-9-22)13-24(25)28(34)31(3)17-26(19)35-4/h6-7,10-14,19-20,22,26H,5,8-9,15-18H2,1-4H3,(H,30,33)/t19-,20-,26+/m0/s1. The average molecular weight is 495 g/mol. The zero-order valence-corrected chi connectivity index (χ0v) is 21.8. The van der Waals surface area contributed by atoms with E-state index in [-0.39, 0.29) is 35.8 Å². The van der Waals surface area contributed by atoms with Gasteiger partial charge in [-0.3, -0.25) is 19.5 Å². The topological polar surface area (TPSA) is 84.0 Å². The normalized spacial score (nSPS) is 24.1. The number of carbonyl (C=O) groups is 2. The summed E-state index contributed by atoms with van der Waals surface area (Å²) in [5.41, 5.74) is 2.20. The maximum atomic E-state index is 13.5. The van der Waals surface area contributed by atoms with Crippen LogP contribution in [0.5, 0.6) is 5.75 Å². The maximum Gasteiger partial charge on any atom is 0.257 e. The molecule has 2 aliphatic rings. The zero-order chi connectivity index (χ0) is 25.7. The van der Waals surface area contributed by atoms with E-state index in [1.165, 1.54) is 0 Å². The SMILES string of the molecule is CO[C@@H]1CN(C)C(=O)c2cc(NC(=O)C3CCC3)ccc2OC[C@H](C)N(Cc2cccnc2)C[C@@H]1C. The highest BCUT2D eigenvalue weighted by Crippen LogP contribution is 2.30. The molecule has 1 aromatic heterocycles. The molecular weight excluding hydrogens is 456 g/mol. The van der Waals surface area contributed by atoms with Crippen LogP contribution in [0.1, 0.15) is 49.0 Å². The summed E-state index contributed by atoms with van der Waals surface area (Å²) < 4.78 is 12.1. The third-order valence-corrected chi connectivity index (χ3v) is 7.43. The van der Waals surface area contributed by atoms with Gasteiger partial charge in [0.05, 0.1) is 11.7 Å². The van der Waals surface area contributed by atoms with E-state index in [1.807, 2.05) is 18.3 Å². The maximum absolute atomic E-state index is 13.5. The first-order valence-corrected chi connectivity index (χ1v) is 12.8. The van der Waals surface area contributed by atoms with Gasteiger partial charge in [0, 0.05) is 63.8 Å². The van der Waals surface area contributed by atoms with Crippen LogP contribution in [0, 0.1) is 11.8 Å². The van der Waals surface area contributed by atoms with Gasteiger partial charge in [-0.1, -0.05) is 19.4 Å². The van der Waals surface area contributed by atoms with Crippen molar-refractivity contribution in [2.75, 3.05) is 39.2 Å². The second-order valence-corrected chi connectivity index (χ2v) is 10.2. The summed E-state index contributed by atoms with van der Waals surface area (Å²) >= 11 is 0. The van der Waals surface area contributed by atoms with Crippen LogP contribution >= 0.6 is 0 Å². The van der Waals surface area contributed by atoms with Crippen molar-refractivity contribution in [3.8, 4) is 5.75 Å². The molecule has 2 heterocycles. The van der Waals surface area contributed by atoms with Gasteiger partial charge in [-0.05, 0) is 55.5 Å². The molecule has 2 aromatic rings. The number of amides is 2. The molecule has 1 N–H and O–H groups in total. The lowest BCUT2D eigenvalue weighted by molar-refractivity contribution is -0.122. The minimum absolute atomic E-state index is 0.0176. The molecule has 8 heteroatoms. The van der Waals surface area contributed by atoms with Gasteiger partial charge in [0.1, 0.15) is 12.4 Å². The van der Waals surface area contributed by atoms with Crippen LogP contribution in [-0.4, -0.2) is 72.6 Å². The molecule has 2 amide bonds. The van der Waals surface area contributed by atoms with Crippen molar-refractivity contribution in [2.45, 2.75) is 51.8 Å². The van der Waals surface area contributed by atoms with Crippen molar-refractivity contribution in [3.63, 3.8) is 0 Å². The second kappa shape index (κ2) is 11.8. The summed E-state index contributed by atoms with van der Waals surface area (Å²) in [5.74, 6) is 0.625. The van der Waals surface area contributed by atoms with Crippen LogP contribution in [0.2, 0.25) is 0 Å². The van der Waals surface area contributed by atoms with Gasteiger partial charge in [-0.25, -0.2) is 0 Å². The Morgan fingerprint density at radius 1 is 1.22 bits per heavy atom. The number of carbonyl (C=O) groups excluding carboxylic acids is 2. The van der Waals surface area contributed by atoms with E-state index in [4.69, 9.17) is 9.47 Å². The minimum Gasteiger partial charge on any atom is -0.491 e. The number of aromatic nitrogens is 1. The van der Waals surface area contributed by atoms with Crippen LogP contribution in [0.4, 0.5) is 5.69 Å². The van der Waals surface area contributed by atoms with Crippen molar-refractivity contribution in [1.29, 1.82) is 0 Å². The van der Waals surface area contributed by atoms with Crippen molar-refractivity contribution < 1.29 is 19.1 Å². The van der Waals surface area contributed by atoms with E-state index in [0.717, 1.165) is 37.9 Å². The number of ether oxygens (including phenoxy) is 2.